The molecule has 0 aliphatic carbocycles. The van der Waals surface area contributed by atoms with E-state index in [1.807, 2.05) is 24.3 Å². The van der Waals surface area contributed by atoms with Gasteiger partial charge in [-0.25, -0.2) is 0 Å². The zero-order valence-corrected chi connectivity index (χ0v) is 11.6. The number of halogens is 1. The lowest BCUT2D eigenvalue weighted by molar-refractivity contribution is -0.0823. The standard InChI is InChI=1S/C13H18BrNO2/c1-15-6-7-17-13(9-15)12(16)8-10-2-4-11(14)5-3-10/h2-5,12-13,16H,6-9H2,1H3. The Morgan fingerprint density at radius 2 is 2.18 bits per heavy atom. The van der Waals surface area contributed by atoms with Crippen molar-refractivity contribution in [2.45, 2.75) is 18.6 Å². The number of morpholine rings is 1. The molecule has 0 spiro atoms. The number of likely N-dealkylation sites (N-methyl/N-ethyl adjacent to an activating group) is 1. The maximum atomic E-state index is 10.2. The van der Waals surface area contributed by atoms with Crippen LogP contribution in [-0.4, -0.2) is 49.0 Å². The molecule has 1 N–H and O–H groups in total. The summed E-state index contributed by atoms with van der Waals surface area (Å²) >= 11 is 3.40. The van der Waals surface area contributed by atoms with Crippen LogP contribution in [-0.2, 0) is 11.2 Å². The van der Waals surface area contributed by atoms with Gasteiger partial charge in [-0.3, -0.25) is 0 Å². The van der Waals surface area contributed by atoms with Crippen molar-refractivity contribution in [1.29, 1.82) is 0 Å². The lowest BCUT2D eigenvalue weighted by atomic mass is 10.0. The molecule has 1 aliphatic rings. The Labute approximate surface area is 111 Å². The third kappa shape index (κ3) is 3.78. The summed E-state index contributed by atoms with van der Waals surface area (Å²) in [6.45, 7) is 2.46. The first-order valence-electron chi connectivity index (χ1n) is 5.88. The van der Waals surface area contributed by atoms with Crippen LogP contribution in [0.3, 0.4) is 0 Å². The van der Waals surface area contributed by atoms with Crippen molar-refractivity contribution in [1.82, 2.24) is 4.90 Å². The second-order valence-electron chi connectivity index (χ2n) is 4.57. The number of hydrogen-bond donors (Lipinski definition) is 1. The van der Waals surface area contributed by atoms with Crippen LogP contribution >= 0.6 is 15.9 Å². The Morgan fingerprint density at radius 1 is 1.47 bits per heavy atom. The van der Waals surface area contributed by atoms with Crippen LogP contribution in [0.5, 0.6) is 0 Å². The molecule has 0 aromatic heterocycles. The first-order chi connectivity index (χ1) is 8.15. The van der Waals surface area contributed by atoms with Crippen LogP contribution in [0.25, 0.3) is 0 Å². The van der Waals surface area contributed by atoms with E-state index in [9.17, 15) is 5.11 Å². The molecule has 1 aromatic carbocycles. The van der Waals surface area contributed by atoms with Crippen molar-refractivity contribution >= 4 is 15.9 Å². The topological polar surface area (TPSA) is 32.7 Å². The molecular formula is C13H18BrNO2. The van der Waals surface area contributed by atoms with E-state index in [0.29, 0.717) is 13.0 Å². The highest BCUT2D eigenvalue weighted by atomic mass is 79.9. The fourth-order valence-electron chi connectivity index (χ4n) is 2.04. The minimum atomic E-state index is -0.432. The van der Waals surface area contributed by atoms with Gasteiger partial charge in [-0.05, 0) is 24.7 Å². The van der Waals surface area contributed by atoms with Crippen molar-refractivity contribution < 1.29 is 9.84 Å². The summed E-state index contributed by atoms with van der Waals surface area (Å²) in [5, 5.41) is 10.2. The number of aliphatic hydroxyl groups is 1. The summed E-state index contributed by atoms with van der Waals surface area (Å²) < 4.78 is 6.66. The molecule has 0 radical (unpaired) electrons. The maximum absolute atomic E-state index is 10.2. The predicted molar refractivity (Wildman–Crippen MR) is 71.1 cm³/mol. The van der Waals surface area contributed by atoms with Gasteiger partial charge in [0, 0.05) is 24.0 Å². The Hall–Kier alpha value is -0.420. The van der Waals surface area contributed by atoms with E-state index in [1.165, 1.54) is 0 Å². The molecule has 1 heterocycles. The molecule has 0 bridgehead atoms. The van der Waals surface area contributed by atoms with Crippen molar-refractivity contribution in [3.8, 4) is 0 Å². The quantitative estimate of drug-likeness (QED) is 0.922. The molecule has 2 rings (SSSR count). The van der Waals surface area contributed by atoms with Gasteiger partial charge in [-0.2, -0.15) is 0 Å². The number of nitrogens with zero attached hydrogens (tertiary/aromatic N) is 1. The Balaban J connectivity index is 1.91. The van der Waals surface area contributed by atoms with Gasteiger partial charge in [0.1, 0.15) is 0 Å². The molecule has 1 aliphatic heterocycles. The smallest absolute Gasteiger partial charge is 0.0964 e. The third-order valence-corrected chi connectivity index (χ3v) is 3.61. The van der Waals surface area contributed by atoms with E-state index in [4.69, 9.17) is 4.74 Å². The lowest BCUT2D eigenvalue weighted by Gasteiger charge is -2.33. The summed E-state index contributed by atoms with van der Waals surface area (Å²) in [4.78, 5) is 2.19. The van der Waals surface area contributed by atoms with Crippen molar-refractivity contribution in [2.75, 3.05) is 26.7 Å². The van der Waals surface area contributed by atoms with Crippen LogP contribution < -0.4 is 0 Å². The zero-order valence-electron chi connectivity index (χ0n) is 9.97. The first kappa shape index (κ1) is 13.0. The number of rotatable bonds is 3. The fourth-order valence-corrected chi connectivity index (χ4v) is 2.30. The molecule has 0 saturated carbocycles. The van der Waals surface area contributed by atoms with Gasteiger partial charge in [-0.15, -0.1) is 0 Å². The molecule has 2 atom stereocenters. The first-order valence-corrected chi connectivity index (χ1v) is 6.67. The average molecular weight is 300 g/mol. The Kier molecular flexibility index (Phi) is 4.56. The highest BCUT2D eigenvalue weighted by Crippen LogP contribution is 2.15. The summed E-state index contributed by atoms with van der Waals surface area (Å²) in [7, 11) is 2.06. The molecule has 1 fully saturated rings. The van der Waals surface area contributed by atoms with Gasteiger partial charge in [0.05, 0.1) is 18.8 Å². The number of aliphatic hydroxyl groups excluding tert-OH is 1. The fraction of sp³-hybridized carbons (Fsp3) is 0.538. The lowest BCUT2D eigenvalue weighted by Crippen LogP contribution is -2.46. The van der Waals surface area contributed by atoms with E-state index in [-0.39, 0.29) is 6.10 Å². The van der Waals surface area contributed by atoms with Gasteiger partial charge in [-0.1, -0.05) is 28.1 Å². The van der Waals surface area contributed by atoms with Gasteiger partial charge in [0.15, 0.2) is 0 Å². The van der Waals surface area contributed by atoms with Crippen LogP contribution in [0.1, 0.15) is 5.56 Å². The van der Waals surface area contributed by atoms with Gasteiger partial charge in [0.2, 0.25) is 0 Å². The van der Waals surface area contributed by atoms with Gasteiger partial charge >= 0.3 is 0 Å². The van der Waals surface area contributed by atoms with E-state index in [1.54, 1.807) is 0 Å². The number of hydrogen-bond acceptors (Lipinski definition) is 3. The minimum absolute atomic E-state index is 0.0719. The Morgan fingerprint density at radius 3 is 2.82 bits per heavy atom. The van der Waals surface area contributed by atoms with E-state index < -0.39 is 6.10 Å². The summed E-state index contributed by atoms with van der Waals surface area (Å²) in [5.41, 5.74) is 1.14. The van der Waals surface area contributed by atoms with E-state index in [2.05, 4.69) is 27.9 Å². The highest BCUT2D eigenvalue weighted by Gasteiger charge is 2.25. The molecule has 17 heavy (non-hydrogen) atoms. The molecule has 3 nitrogen and oxygen atoms in total. The monoisotopic (exact) mass is 299 g/mol. The zero-order chi connectivity index (χ0) is 12.3. The van der Waals surface area contributed by atoms with E-state index in [0.717, 1.165) is 23.1 Å². The average Bonchev–Trinajstić information content (AvgIpc) is 2.32. The van der Waals surface area contributed by atoms with Crippen LogP contribution in [0.4, 0.5) is 0 Å². The summed E-state index contributed by atoms with van der Waals surface area (Å²) in [6, 6.07) is 8.05. The summed E-state index contributed by atoms with van der Waals surface area (Å²) in [6.07, 6.45) is 0.141. The van der Waals surface area contributed by atoms with Crippen LogP contribution in [0.2, 0.25) is 0 Å². The summed E-state index contributed by atoms with van der Waals surface area (Å²) in [5.74, 6) is 0. The predicted octanol–water partition coefficient (Wildman–Crippen LogP) is 1.68. The second-order valence-corrected chi connectivity index (χ2v) is 5.49. The highest BCUT2D eigenvalue weighted by molar-refractivity contribution is 9.10. The second kappa shape index (κ2) is 5.96. The van der Waals surface area contributed by atoms with Gasteiger partial charge in [0.25, 0.3) is 0 Å². The van der Waals surface area contributed by atoms with E-state index >= 15 is 0 Å². The molecule has 94 valence electrons. The van der Waals surface area contributed by atoms with Crippen LogP contribution in [0, 0.1) is 0 Å². The molecule has 0 amide bonds. The molecule has 2 unspecified atom stereocenters. The van der Waals surface area contributed by atoms with Crippen molar-refractivity contribution in [3.63, 3.8) is 0 Å². The largest absolute Gasteiger partial charge is 0.390 e. The molecular weight excluding hydrogens is 282 g/mol. The Bertz CT molecular complexity index is 355. The normalized spacial score (nSPS) is 23.6. The van der Waals surface area contributed by atoms with Gasteiger partial charge < -0.3 is 14.7 Å². The molecule has 1 aromatic rings. The molecule has 4 heteroatoms. The van der Waals surface area contributed by atoms with Crippen LogP contribution in [0.15, 0.2) is 28.7 Å². The number of ether oxygens (including phenoxy) is 1. The maximum Gasteiger partial charge on any atom is 0.0964 e. The number of benzene rings is 1. The molecule has 1 saturated heterocycles. The minimum Gasteiger partial charge on any atom is -0.390 e. The van der Waals surface area contributed by atoms with Crippen molar-refractivity contribution in [3.05, 3.63) is 34.3 Å². The third-order valence-electron chi connectivity index (χ3n) is 3.08. The SMILES string of the molecule is CN1CCOC(C(O)Cc2ccc(Br)cc2)C1. The van der Waals surface area contributed by atoms with Crippen molar-refractivity contribution in [2.24, 2.45) is 0 Å².